The van der Waals surface area contributed by atoms with E-state index in [2.05, 4.69) is 34.1 Å². The normalized spacial score (nSPS) is 13.6. The molecule has 186 valence electrons. The molecule has 0 radical (unpaired) electrons. The van der Waals surface area contributed by atoms with Crippen molar-refractivity contribution < 1.29 is 14.7 Å². The number of likely N-dealkylation sites (N-methyl/N-ethyl adjacent to an activating group) is 2. The third kappa shape index (κ3) is 6.39. The van der Waals surface area contributed by atoms with Gasteiger partial charge in [0.25, 0.3) is 17.9 Å². The van der Waals surface area contributed by atoms with Crippen LogP contribution in [0.15, 0.2) is 23.0 Å². The molecule has 0 aliphatic carbocycles. The number of hydrogen-bond donors (Lipinski definition) is 3. The van der Waals surface area contributed by atoms with Crippen molar-refractivity contribution in [2.45, 2.75) is 53.1 Å². The molecule has 3 N–H and O–H groups in total. The molecule has 0 bridgehead atoms. The fourth-order valence-corrected chi connectivity index (χ4v) is 4.60. The van der Waals surface area contributed by atoms with Crippen molar-refractivity contribution in [3.8, 4) is 0 Å². The van der Waals surface area contributed by atoms with E-state index < -0.39 is 0 Å². The van der Waals surface area contributed by atoms with E-state index in [1.807, 2.05) is 39.8 Å². The van der Waals surface area contributed by atoms with E-state index in [-0.39, 0.29) is 30.4 Å². The first kappa shape index (κ1) is 27.4. The van der Waals surface area contributed by atoms with Crippen LogP contribution in [0.2, 0.25) is 5.02 Å². The zero-order valence-electron chi connectivity index (χ0n) is 20.7. The Morgan fingerprint density at radius 3 is 2.47 bits per heavy atom. The molecule has 0 unspecified atom stereocenters. The van der Waals surface area contributed by atoms with E-state index in [0.29, 0.717) is 22.2 Å². The summed E-state index contributed by atoms with van der Waals surface area (Å²) in [5.41, 5.74) is 4.66. The van der Waals surface area contributed by atoms with E-state index >= 15 is 0 Å². The van der Waals surface area contributed by atoms with Crippen molar-refractivity contribution in [3.63, 3.8) is 0 Å². The predicted octanol–water partition coefficient (Wildman–Crippen LogP) is 3.54. The summed E-state index contributed by atoms with van der Waals surface area (Å²) in [6.07, 6.45) is 0. The smallest absolute Gasteiger partial charge is 0.290 e. The lowest BCUT2D eigenvalue weighted by Crippen LogP contribution is -2.58. The van der Waals surface area contributed by atoms with Crippen LogP contribution in [-0.2, 0) is 11.3 Å². The van der Waals surface area contributed by atoms with Gasteiger partial charge in [-0.15, -0.1) is 0 Å². The van der Waals surface area contributed by atoms with Crippen molar-refractivity contribution in [1.29, 1.82) is 0 Å². The first-order valence-corrected chi connectivity index (χ1v) is 11.8. The quantitative estimate of drug-likeness (QED) is 0.512. The number of amides is 1. The minimum Gasteiger partial charge on any atom is -0.483 e. The van der Waals surface area contributed by atoms with Gasteiger partial charge in [0.2, 0.25) is 0 Å². The molecule has 1 saturated heterocycles. The molecule has 0 spiro atoms. The first-order valence-electron chi connectivity index (χ1n) is 11.4. The van der Waals surface area contributed by atoms with E-state index in [1.165, 1.54) is 0 Å². The van der Waals surface area contributed by atoms with Crippen LogP contribution in [0.5, 0.6) is 0 Å². The van der Waals surface area contributed by atoms with Crippen molar-refractivity contribution in [1.82, 2.24) is 15.2 Å². The summed E-state index contributed by atoms with van der Waals surface area (Å²) >= 11 is 6.42. The lowest BCUT2D eigenvalue weighted by Gasteiger charge is -2.45. The summed E-state index contributed by atoms with van der Waals surface area (Å²) in [6, 6.07) is 6.05. The van der Waals surface area contributed by atoms with Crippen molar-refractivity contribution in [3.05, 3.63) is 61.5 Å². The van der Waals surface area contributed by atoms with Crippen molar-refractivity contribution in [2.75, 3.05) is 31.6 Å². The van der Waals surface area contributed by atoms with Gasteiger partial charge in [-0.25, -0.2) is 0 Å². The number of aromatic nitrogens is 1. The fourth-order valence-electron chi connectivity index (χ4n) is 4.39. The van der Waals surface area contributed by atoms with Gasteiger partial charge in [0.05, 0.1) is 6.04 Å². The molecule has 1 aliphatic rings. The Labute approximate surface area is 205 Å². The van der Waals surface area contributed by atoms with Gasteiger partial charge < -0.3 is 25.2 Å². The van der Waals surface area contributed by atoms with Gasteiger partial charge >= 0.3 is 0 Å². The maximum atomic E-state index is 13.1. The summed E-state index contributed by atoms with van der Waals surface area (Å²) in [4.78, 5) is 41.4. The molecule has 3 rings (SSSR count). The zero-order chi connectivity index (χ0) is 25.6. The molecule has 1 aromatic carbocycles. The SMILES string of the molecule is CCN(c1cc(Cl)cc(C(=O)NCc2c(C(C)C)cc(C)[nH]c2=O)c1C)C1CN(C)C1.O=CO. The molecule has 8 nitrogen and oxygen atoms in total. The largest absolute Gasteiger partial charge is 0.483 e. The highest BCUT2D eigenvalue weighted by Gasteiger charge is 2.30. The Bertz CT molecular complexity index is 1080. The summed E-state index contributed by atoms with van der Waals surface area (Å²) in [6.45, 7) is 12.8. The van der Waals surface area contributed by atoms with Gasteiger partial charge in [0, 0.05) is 53.7 Å². The van der Waals surface area contributed by atoms with Crippen molar-refractivity contribution >= 4 is 29.7 Å². The second kappa shape index (κ2) is 12.0. The number of pyridine rings is 1. The number of halogens is 1. The van der Waals surface area contributed by atoms with Crippen LogP contribution in [0, 0.1) is 13.8 Å². The minimum atomic E-state index is -0.250. The minimum absolute atomic E-state index is 0.154. The number of rotatable bonds is 7. The molecular weight excluding hydrogens is 456 g/mol. The predicted molar refractivity (Wildman–Crippen MR) is 136 cm³/mol. The number of benzene rings is 1. The van der Waals surface area contributed by atoms with Gasteiger partial charge in [-0.1, -0.05) is 25.4 Å². The Balaban J connectivity index is 0.00000129. The number of aromatic amines is 1. The molecule has 0 atom stereocenters. The maximum Gasteiger partial charge on any atom is 0.290 e. The molecule has 1 fully saturated rings. The average Bonchev–Trinajstić information content (AvgIpc) is 2.74. The standard InChI is InChI=1S/C24H33ClN4O2.CH2O2/c1-7-29(18-12-28(6)13-18)22-10-17(25)9-20(16(22)5)23(30)26-11-21-19(14(2)3)8-15(4)27-24(21)31;2-1-3/h8-10,14,18H,7,11-13H2,1-6H3,(H,26,30)(H,27,31);1H,(H,2,3). The highest BCUT2D eigenvalue weighted by Crippen LogP contribution is 2.31. The van der Waals surface area contributed by atoms with Gasteiger partial charge in [0.15, 0.2) is 0 Å². The number of carbonyl (C=O) groups excluding carboxylic acids is 1. The van der Waals surface area contributed by atoms with E-state index in [9.17, 15) is 9.59 Å². The number of H-pyrrole nitrogens is 1. The number of likely N-dealkylation sites (tertiary alicyclic amines) is 1. The Morgan fingerprint density at radius 2 is 1.94 bits per heavy atom. The molecule has 1 amide bonds. The zero-order valence-corrected chi connectivity index (χ0v) is 21.5. The van der Waals surface area contributed by atoms with E-state index in [4.69, 9.17) is 21.5 Å². The highest BCUT2D eigenvalue weighted by molar-refractivity contribution is 6.31. The van der Waals surface area contributed by atoms with Crippen LogP contribution in [0.4, 0.5) is 5.69 Å². The Kier molecular flexibility index (Phi) is 9.70. The number of aryl methyl sites for hydroxylation is 1. The fraction of sp³-hybridized carbons (Fsp3) is 0.480. The average molecular weight is 491 g/mol. The lowest BCUT2D eigenvalue weighted by atomic mass is 9.97. The molecule has 9 heteroatoms. The number of carboxylic acid groups (broad SMARTS) is 1. The summed E-state index contributed by atoms with van der Waals surface area (Å²) in [7, 11) is 2.10. The highest BCUT2D eigenvalue weighted by atomic mass is 35.5. The van der Waals surface area contributed by atoms with Crippen LogP contribution in [0.3, 0.4) is 0 Å². The topological polar surface area (TPSA) is 106 Å². The summed E-state index contributed by atoms with van der Waals surface area (Å²) in [5, 5.41) is 10.4. The number of nitrogens with one attached hydrogen (secondary N) is 2. The lowest BCUT2D eigenvalue weighted by molar-refractivity contribution is -0.122. The first-order chi connectivity index (χ1) is 16.0. The molecule has 1 aromatic heterocycles. The maximum absolute atomic E-state index is 13.1. The molecule has 0 saturated carbocycles. The molecule has 2 heterocycles. The molecule has 34 heavy (non-hydrogen) atoms. The number of anilines is 1. The summed E-state index contributed by atoms with van der Waals surface area (Å²) < 4.78 is 0. The number of hydrogen-bond acceptors (Lipinski definition) is 5. The second-order valence-electron chi connectivity index (χ2n) is 8.92. The molecule has 2 aromatic rings. The van der Waals surface area contributed by atoms with E-state index in [1.54, 1.807) is 6.07 Å². The van der Waals surface area contributed by atoms with Gasteiger partial charge in [0.1, 0.15) is 0 Å². The number of carbonyl (C=O) groups is 2. The van der Waals surface area contributed by atoms with Crippen LogP contribution >= 0.6 is 11.6 Å². The summed E-state index contributed by atoms with van der Waals surface area (Å²) in [5.74, 6) is -0.0381. The van der Waals surface area contributed by atoms with Crippen molar-refractivity contribution in [2.24, 2.45) is 0 Å². The van der Waals surface area contributed by atoms with Crippen LogP contribution in [0.25, 0.3) is 0 Å². The molecule has 1 aliphatic heterocycles. The Morgan fingerprint density at radius 1 is 1.32 bits per heavy atom. The third-order valence-corrected chi connectivity index (χ3v) is 6.30. The van der Waals surface area contributed by atoms with E-state index in [0.717, 1.165) is 42.1 Å². The molecular formula is C25H35ClN4O4. The second-order valence-corrected chi connectivity index (χ2v) is 9.35. The van der Waals surface area contributed by atoms with Gasteiger partial charge in [-0.05, 0) is 63.1 Å². The van der Waals surface area contributed by atoms with Crippen LogP contribution < -0.4 is 15.8 Å². The van der Waals surface area contributed by atoms with Gasteiger partial charge in [-0.2, -0.15) is 0 Å². The van der Waals surface area contributed by atoms with Crippen LogP contribution in [0.1, 0.15) is 59.4 Å². The Hall–Kier alpha value is -2.84. The van der Waals surface area contributed by atoms with Gasteiger partial charge in [-0.3, -0.25) is 14.4 Å². The number of nitrogens with zero attached hydrogens (tertiary/aromatic N) is 2. The van der Waals surface area contributed by atoms with Crippen LogP contribution in [-0.4, -0.2) is 60.1 Å². The monoisotopic (exact) mass is 490 g/mol. The third-order valence-electron chi connectivity index (χ3n) is 6.08.